The second kappa shape index (κ2) is 22.9. The van der Waals surface area contributed by atoms with E-state index >= 15 is 8.96 Å². The van der Waals surface area contributed by atoms with Crippen LogP contribution in [0, 0.1) is 11.3 Å². The molecule has 0 radical (unpaired) electrons. The fourth-order valence-corrected chi connectivity index (χ4v) is 13.1. The van der Waals surface area contributed by atoms with Crippen LogP contribution >= 0.6 is 7.29 Å². The topological polar surface area (TPSA) is 218 Å². The van der Waals surface area contributed by atoms with Crippen molar-refractivity contribution in [2.24, 2.45) is 0 Å². The summed E-state index contributed by atoms with van der Waals surface area (Å²) < 4.78 is 79.7. The zero-order valence-corrected chi connectivity index (χ0v) is 41.5. The van der Waals surface area contributed by atoms with E-state index in [9.17, 15) is 24.4 Å². The Hall–Kier alpha value is -6.23. The Labute approximate surface area is 409 Å². The van der Waals surface area contributed by atoms with Crippen molar-refractivity contribution in [3.63, 3.8) is 0 Å². The molecule has 0 unspecified atom stereocenters. The number of nitrogens with one attached hydrogen (secondary N) is 2. The van der Waals surface area contributed by atoms with Crippen molar-refractivity contribution >= 4 is 7.29 Å². The molecule has 378 valence electrons. The summed E-state index contributed by atoms with van der Waals surface area (Å²) in [4.78, 5) is 55.0. The molecule has 4 heterocycles. The Bertz CT molecular complexity index is 2880. The molecule has 2 N–H and O–H groups in total. The van der Waals surface area contributed by atoms with Gasteiger partial charge in [-0.1, -0.05) is 94.4 Å². The summed E-state index contributed by atoms with van der Waals surface area (Å²) in [6, 6.07) is 27.8. The summed E-state index contributed by atoms with van der Waals surface area (Å²) in [5.74, 6) is 1.22. The van der Waals surface area contributed by atoms with Crippen molar-refractivity contribution in [2.75, 3.05) is 41.1 Å². The van der Waals surface area contributed by atoms with Crippen LogP contribution in [0.2, 0.25) is 0 Å². The predicted octanol–water partition coefficient (Wildman–Crippen LogP) is 5.88. The van der Waals surface area contributed by atoms with E-state index in [1.165, 1.54) is 23.9 Å². The minimum absolute atomic E-state index is 0.0181. The lowest BCUT2D eigenvalue weighted by Crippen LogP contribution is -2.49. The molecule has 2 aliphatic rings. The fourth-order valence-electron chi connectivity index (χ4n) is 9.66. The number of aromatic nitrogens is 4. The van der Waals surface area contributed by atoms with E-state index in [4.69, 9.17) is 33.2 Å². The minimum atomic E-state index is -3.32. The van der Waals surface area contributed by atoms with Gasteiger partial charge in [0.05, 0.1) is 45.6 Å². The number of H-pyrrole nitrogens is 2. The summed E-state index contributed by atoms with van der Waals surface area (Å²) in [5.41, 5.74) is -2.88. The van der Waals surface area contributed by atoms with Gasteiger partial charge in [0.2, 0.25) is 0 Å². The predicted molar refractivity (Wildman–Crippen MR) is 262 cm³/mol. The molecular formula is C51H60FN6O12P. The number of nitrogens with zero attached hydrogens (tertiary/aromatic N) is 4. The Morgan fingerprint density at radius 1 is 0.775 bits per heavy atom. The normalized spacial score (nSPS) is 22.7. The molecule has 5 aromatic rings. The average Bonchev–Trinajstić information content (AvgIpc) is 3.88. The van der Waals surface area contributed by atoms with Crippen molar-refractivity contribution in [1.29, 1.82) is 5.26 Å². The second-order valence-corrected chi connectivity index (χ2v) is 21.6. The second-order valence-electron chi connectivity index (χ2n) is 17.7. The molecule has 7 rings (SSSR count). The van der Waals surface area contributed by atoms with Crippen LogP contribution in [-0.2, 0) is 33.9 Å². The van der Waals surface area contributed by atoms with Crippen LogP contribution in [0.15, 0.2) is 135 Å². The Balaban J connectivity index is 1.26. The highest BCUT2D eigenvalue weighted by Crippen LogP contribution is 2.61. The van der Waals surface area contributed by atoms with Gasteiger partial charge in [-0.2, -0.15) is 5.26 Å². The van der Waals surface area contributed by atoms with E-state index < -0.39 is 84.5 Å². The van der Waals surface area contributed by atoms with Crippen molar-refractivity contribution in [3.8, 4) is 17.6 Å². The smallest absolute Gasteiger partial charge is 0.330 e. The van der Waals surface area contributed by atoms with Gasteiger partial charge in [-0.3, -0.25) is 28.7 Å². The van der Waals surface area contributed by atoms with E-state index in [0.717, 1.165) is 22.4 Å². The number of methoxy groups -OCH3 is 3. The van der Waals surface area contributed by atoms with Crippen LogP contribution in [0.1, 0.15) is 63.3 Å². The highest BCUT2D eigenvalue weighted by Gasteiger charge is 2.54. The zero-order chi connectivity index (χ0) is 51.0. The van der Waals surface area contributed by atoms with Gasteiger partial charge in [-0.15, -0.1) is 0 Å². The van der Waals surface area contributed by atoms with Gasteiger partial charge in [0, 0.05) is 55.9 Å². The molecule has 2 aliphatic heterocycles. The number of ether oxygens (including phenoxy) is 7. The van der Waals surface area contributed by atoms with Crippen molar-refractivity contribution in [2.45, 2.75) is 100 Å². The molecule has 20 heteroatoms. The first-order valence-electron chi connectivity index (χ1n) is 23.2. The maximum atomic E-state index is 17.2. The summed E-state index contributed by atoms with van der Waals surface area (Å²) in [5, 5.41) is 9.78. The van der Waals surface area contributed by atoms with Gasteiger partial charge in [-0.25, -0.2) is 18.6 Å². The zero-order valence-electron chi connectivity index (χ0n) is 40.6. The summed E-state index contributed by atoms with van der Waals surface area (Å²) >= 11 is 0. The van der Waals surface area contributed by atoms with Gasteiger partial charge in [0.25, 0.3) is 11.1 Å². The Morgan fingerprint density at radius 2 is 1.31 bits per heavy atom. The van der Waals surface area contributed by atoms with E-state index in [-0.39, 0.29) is 37.5 Å². The van der Waals surface area contributed by atoms with Crippen LogP contribution < -0.4 is 32.0 Å². The number of hydrogen-bond donors (Lipinski definition) is 2. The fraction of sp³-hybridized carbons (Fsp3) is 0.431. The van der Waals surface area contributed by atoms with Gasteiger partial charge < -0.3 is 37.7 Å². The molecule has 0 bridgehead atoms. The number of halogens is 1. The number of alkyl halides is 1. The van der Waals surface area contributed by atoms with Crippen LogP contribution in [0.5, 0.6) is 11.5 Å². The van der Waals surface area contributed by atoms with E-state index in [1.807, 2.05) is 107 Å². The summed E-state index contributed by atoms with van der Waals surface area (Å²) in [6.45, 7) is 6.95. The van der Waals surface area contributed by atoms with Crippen molar-refractivity contribution in [1.82, 2.24) is 23.8 Å². The van der Waals surface area contributed by atoms with E-state index in [1.54, 1.807) is 31.0 Å². The molecule has 2 fully saturated rings. The molecule has 3 aromatic carbocycles. The number of benzene rings is 3. The summed E-state index contributed by atoms with van der Waals surface area (Å²) in [6.07, 6.45) is -3.41. The van der Waals surface area contributed by atoms with Crippen molar-refractivity contribution in [3.05, 3.63) is 174 Å². The first-order valence-corrected chi connectivity index (χ1v) is 25.0. The third-order valence-corrected chi connectivity index (χ3v) is 17.3. The number of rotatable bonds is 21. The summed E-state index contributed by atoms with van der Waals surface area (Å²) in [7, 11) is 1.24. The van der Waals surface area contributed by atoms with Crippen LogP contribution in [0.3, 0.4) is 0 Å². The lowest BCUT2D eigenvalue weighted by Gasteiger charge is -2.43. The number of hydrogen-bond acceptors (Lipinski definition) is 13. The third kappa shape index (κ3) is 10.7. The first kappa shape index (κ1) is 52.6. The van der Waals surface area contributed by atoms with E-state index in [0.29, 0.717) is 22.6 Å². The molecular weight excluding hydrogens is 939 g/mol. The molecule has 2 saturated heterocycles. The standard InChI is InChI=1S/C51H60FN6O12P/c1-32(2)71(63,33(3)4)58(27-12-26-53)44-39(69-48(46(44)66-7)57-29-25-42(60)55-50(57)62)15-11-30-67-45-40(70-47(43(45)52)56-28-24-41(59)54-49(56)61)31-68-51(34-13-9-8-10-14-34,35-16-20-37(64-5)21-17-35)36-18-22-38(65-6)23-19-36/h8-11,13-25,28-29,32-33,39-40,43-48H,12,27,30-31H2,1-7H3,(H,54,59,61)(H,55,60,62)/b15-11-/t39-,40-,43-,44-,45-,46-,47-,48-/m1/s1. The monoisotopic (exact) mass is 998 g/mol. The lowest BCUT2D eigenvalue weighted by atomic mass is 9.80. The van der Waals surface area contributed by atoms with Gasteiger partial charge in [0.15, 0.2) is 25.9 Å². The molecule has 71 heavy (non-hydrogen) atoms. The van der Waals surface area contributed by atoms with Gasteiger partial charge >= 0.3 is 11.4 Å². The van der Waals surface area contributed by atoms with Gasteiger partial charge in [-0.05, 0) is 41.0 Å². The minimum Gasteiger partial charge on any atom is -0.497 e. The van der Waals surface area contributed by atoms with Crippen LogP contribution in [-0.4, -0.2) is 113 Å². The maximum Gasteiger partial charge on any atom is 0.330 e. The molecule has 0 amide bonds. The third-order valence-electron chi connectivity index (χ3n) is 13.1. The average molecular weight is 999 g/mol. The van der Waals surface area contributed by atoms with Crippen molar-refractivity contribution < 1.29 is 42.1 Å². The lowest BCUT2D eigenvalue weighted by molar-refractivity contribution is -0.102. The van der Waals surface area contributed by atoms with Crippen LogP contribution in [0.4, 0.5) is 4.39 Å². The highest BCUT2D eigenvalue weighted by molar-refractivity contribution is 7.62. The molecule has 0 spiro atoms. The SMILES string of the molecule is COc1ccc(C(OC[C@H]2O[C@@H](n3ccc(=O)[nH]c3=O)[C@H](F)[C@@H]2OC/C=C\[C@H]2O[C@@H](n3ccc(=O)[nH]c3=O)[C@H](OC)[C@@H]2N(CCC#N)P(=O)(C(C)C)C(C)C)(c2ccccc2)c2ccc(OC)cc2)cc1. The van der Waals surface area contributed by atoms with Gasteiger partial charge in [0.1, 0.15) is 35.4 Å². The number of aromatic amines is 2. The highest BCUT2D eigenvalue weighted by atomic mass is 31.2. The largest absolute Gasteiger partial charge is 0.497 e. The molecule has 0 saturated carbocycles. The Morgan fingerprint density at radius 3 is 1.80 bits per heavy atom. The molecule has 18 nitrogen and oxygen atoms in total. The molecule has 8 atom stereocenters. The molecule has 2 aromatic heterocycles. The quantitative estimate of drug-likeness (QED) is 0.0499. The maximum absolute atomic E-state index is 17.2. The first-order chi connectivity index (χ1) is 34.1. The van der Waals surface area contributed by atoms with Crippen LogP contribution in [0.25, 0.3) is 0 Å². The Kier molecular flexibility index (Phi) is 17.0. The number of nitriles is 1. The molecule has 0 aliphatic carbocycles. The van der Waals surface area contributed by atoms with E-state index in [2.05, 4.69) is 16.0 Å².